The zero-order valence-corrected chi connectivity index (χ0v) is 14.5. The largest absolute Gasteiger partial charge is 0.450 e. The predicted octanol–water partition coefficient (Wildman–Crippen LogP) is 0.218. The van der Waals surface area contributed by atoms with Gasteiger partial charge in [0, 0.05) is 45.8 Å². The van der Waals surface area contributed by atoms with Crippen LogP contribution in [0.2, 0.25) is 0 Å². The summed E-state index contributed by atoms with van der Waals surface area (Å²) >= 11 is 0. The molecule has 0 bridgehead atoms. The van der Waals surface area contributed by atoms with E-state index in [1.165, 1.54) is 0 Å². The van der Waals surface area contributed by atoms with E-state index in [0.29, 0.717) is 39.4 Å². The topological polar surface area (TPSA) is 88.2 Å². The minimum atomic E-state index is -0.294. The van der Waals surface area contributed by atoms with Gasteiger partial charge in [-0.2, -0.15) is 0 Å². The Morgan fingerprint density at radius 3 is 2.62 bits per heavy atom. The first-order chi connectivity index (χ1) is 11.6. The second-order valence-electron chi connectivity index (χ2n) is 6.15. The van der Waals surface area contributed by atoms with Crippen molar-refractivity contribution in [1.82, 2.24) is 15.1 Å². The zero-order valence-electron chi connectivity index (χ0n) is 14.5. The van der Waals surface area contributed by atoms with Gasteiger partial charge in [-0.15, -0.1) is 0 Å². The molecule has 0 radical (unpaired) electrons. The summed E-state index contributed by atoms with van der Waals surface area (Å²) in [6.07, 6.45) is 1.42. The zero-order chi connectivity index (χ0) is 17.5. The van der Waals surface area contributed by atoms with Gasteiger partial charge in [0.05, 0.1) is 19.1 Å². The first-order valence-electron chi connectivity index (χ1n) is 8.54. The van der Waals surface area contributed by atoms with Gasteiger partial charge in [-0.25, -0.2) is 4.79 Å². The van der Waals surface area contributed by atoms with Crippen molar-refractivity contribution in [2.75, 3.05) is 46.5 Å². The lowest BCUT2D eigenvalue weighted by atomic mass is 10.0. The van der Waals surface area contributed by atoms with Gasteiger partial charge in [0.1, 0.15) is 0 Å². The van der Waals surface area contributed by atoms with E-state index in [1.807, 2.05) is 4.90 Å². The second-order valence-corrected chi connectivity index (χ2v) is 6.15. The number of hydrogen-bond donors (Lipinski definition) is 1. The first kappa shape index (κ1) is 18.5. The number of carbonyl (C=O) groups is 3. The third-order valence-electron chi connectivity index (χ3n) is 4.57. The van der Waals surface area contributed by atoms with E-state index in [2.05, 4.69) is 5.32 Å². The maximum absolute atomic E-state index is 12.3. The summed E-state index contributed by atoms with van der Waals surface area (Å²) in [4.78, 5) is 39.5. The monoisotopic (exact) mass is 341 g/mol. The highest BCUT2D eigenvalue weighted by atomic mass is 16.6. The normalized spacial score (nSPS) is 21.9. The molecular formula is C16H27N3O5. The summed E-state index contributed by atoms with van der Waals surface area (Å²) in [5.74, 6) is -0.360. The van der Waals surface area contributed by atoms with Crippen molar-refractivity contribution < 1.29 is 23.9 Å². The number of rotatable bonds is 6. The molecule has 1 N–H and O–H groups in total. The fraction of sp³-hybridized carbons (Fsp3) is 0.812. The molecule has 2 aliphatic rings. The Morgan fingerprint density at radius 2 is 2.00 bits per heavy atom. The molecular weight excluding hydrogens is 314 g/mol. The minimum Gasteiger partial charge on any atom is -0.450 e. The predicted molar refractivity (Wildman–Crippen MR) is 86.3 cm³/mol. The van der Waals surface area contributed by atoms with Crippen LogP contribution in [0.15, 0.2) is 0 Å². The number of ether oxygens (including phenoxy) is 2. The van der Waals surface area contributed by atoms with Crippen LogP contribution in [0.4, 0.5) is 4.79 Å². The van der Waals surface area contributed by atoms with Gasteiger partial charge in [-0.3, -0.25) is 9.59 Å². The number of carbonyl (C=O) groups excluding carboxylic acids is 3. The molecule has 8 nitrogen and oxygen atoms in total. The van der Waals surface area contributed by atoms with Crippen LogP contribution in [-0.4, -0.2) is 80.3 Å². The van der Waals surface area contributed by atoms with Crippen LogP contribution in [0.3, 0.4) is 0 Å². The average molecular weight is 341 g/mol. The van der Waals surface area contributed by atoms with Crippen LogP contribution in [-0.2, 0) is 19.1 Å². The Balaban J connectivity index is 1.80. The van der Waals surface area contributed by atoms with E-state index in [9.17, 15) is 14.4 Å². The van der Waals surface area contributed by atoms with Crippen LogP contribution < -0.4 is 5.32 Å². The Bertz CT molecular complexity index is 463. The van der Waals surface area contributed by atoms with Gasteiger partial charge < -0.3 is 24.6 Å². The third-order valence-corrected chi connectivity index (χ3v) is 4.57. The number of nitrogens with one attached hydrogen (secondary N) is 1. The van der Waals surface area contributed by atoms with Gasteiger partial charge in [-0.05, 0) is 19.8 Å². The molecule has 3 amide bonds. The number of methoxy groups -OCH3 is 1. The number of hydrogen-bond acceptors (Lipinski definition) is 5. The Kier molecular flexibility index (Phi) is 6.84. The molecule has 2 aliphatic heterocycles. The molecule has 0 saturated carbocycles. The molecule has 2 rings (SSSR count). The summed E-state index contributed by atoms with van der Waals surface area (Å²) in [6.45, 7) is 4.69. The van der Waals surface area contributed by atoms with Crippen molar-refractivity contribution in [3.63, 3.8) is 0 Å². The Labute approximate surface area is 142 Å². The number of amides is 3. The van der Waals surface area contributed by atoms with Crippen LogP contribution in [0.1, 0.15) is 26.2 Å². The van der Waals surface area contributed by atoms with E-state index < -0.39 is 0 Å². The maximum Gasteiger partial charge on any atom is 0.409 e. The highest BCUT2D eigenvalue weighted by Gasteiger charge is 2.39. The summed E-state index contributed by atoms with van der Waals surface area (Å²) in [5, 5.41) is 2.79. The molecule has 2 fully saturated rings. The van der Waals surface area contributed by atoms with E-state index in [1.54, 1.807) is 18.9 Å². The molecule has 0 aliphatic carbocycles. The summed E-state index contributed by atoms with van der Waals surface area (Å²) in [5.41, 5.74) is 0. The fourth-order valence-electron chi connectivity index (χ4n) is 3.26. The van der Waals surface area contributed by atoms with Gasteiger partial charge in [-0.1, -0.05) is 0 Å². The third kappa shape index (κ3) is 4.59. The first-order valence-corrected chi connectivity index (χ1v) is 8.54. The average Bonchev–Trinajstić information content (AvgIpc) is 2.97. The number of likely N-dealkylation sites (tertiary alicyclic amines) is 2. The van der Waals surface area contributed by atoms with Crippen LogP contribution in [0.25, 0.3) is 0 Å². The molecule has 0 aromatic heterocycles. The van der Waals surface area contributed by atoms with Crippen LogP contribution >= 0.6 is 0 Å². The highest BCUT2D eigenvalue weighted by Crippen LogP contribution is 2.26. The smallest absolute Gasteiger partial charge is 0.409 e. The Morgan fingerprint density at radius 1 is 1.29 bits per heavy atom. The van der Waals surface area contributed by atoms with Crippen LogP contribution in [0.5, 0.6) is 0 Å². The molecule has 24 heavy (non-hydrogen) atoms. The van der Waals surface area contributed by atoms with E-state index in [0.717, 1.165) is 12.8 Å². The quantitative estimate of drug-likeness (QED) is 0.698. The summed E-state index contributed by atoms with van der Waals surface area (Å²) in [6, 6.07) is 0.0972. The Hall–Kier alpha value is -1.83. The molecule has 2 saturated heterocycles. The van der Waals surface area contributed by atoms with E-state index in [-0.39, 0.29) is 36.3 Å². The number of nitrogens with zero attached hydrogens (tertiary/aromatic N) is 2. The molecule has 2 heterocycles. The van der Waals surface area contributed by atoms with Gasteiger partial charge >= 0.3 is 6.09 Å². The highest BCUT2D eigenvalue weighted by molar-refractivity contribution is 5.89. The van der Waals surface area contributed by atoms with E-state index >= 15 is 0 Å². The molecule has 0 aromatic rings. The standard InChI is InChI=1S/C16H27N3O5/c1-3-24-16(22)18-7-4-13(5-8-18)19-11-12(10-14(19)20)15(21)17-6-9-23-2/h12-13H,3-11H2,1-2H3,(H,17,21). The number of piperidine rings is 1. The molecule has 136 valence electrons. The van der Waals surface area contributed by atoms with Gasteiger partial charge in [0.15, 0.2) is 0 Å². The summed E-state index contributed by atoms with van der Waals surface area (Å²) in [7, 11) is 1.58. The molecule has 1 unspecified atom stereocenters. The van der Waals surface area contributed by atoms with Crippen LogP contribution in [0, 0.1) is 5.92 Å². The molecule has 1 atom stereocenters. The van der Waals surface area contributed by atoms with Crippen molar-refractivity contribution in [3.05, 3.63) is 0 Å². The lowest BCUT2D eigenvalue weighted by Gasteiger charge is -2.36. The summed E-state index contributed by atoms with van der Waals surface area (Å²) < 4.78 is 9.91. The van der Waals surface area contributed by atoms with Crippen molar-refractivity contribution in [1.29, 1.82) is 0 Å². The van der Waals surface area contributed by atoms with Gasteiger partial charge in [0.2, 0.25) is 11.8 Å². The molecule has 0 aromatic carbocycles. The minimum absolute atomic E-state index is 0.0245. The van der Waals surface area contributed by atoms with Crippen molar-refractivity contribution in [2.45, 2.75) is 32.2 Å². The maximum atomic E-state index is 12.3. The van der Waals surface area contributed by atoms with Crippen molar-refractivity contribution >= 4 is 17.9 Å². The molecule has 0 spiro atoms. The fourth-order valence-corrected chi connectivity index (χ4v) is 3.26. The van der Waals surface area contributed by atoms with Gasteiger partial charge in [0.25, 0.3) is 0 Å². The molecule has 8 heteroatoms. The van der Waals surface area contributed by atoms with E-state index in [4.69, 9.17) is 9.47 Å². The SMILES string of the molecule is CCOC(=O)N1CCC(N2CC(C(=O)NCCOC)CC2=O)CC1. The van der Waals surface area contributed by atoms with Crippen molar-refractivity contribution in [2.24, 2.45) is 5.92 Å². The second kappa shape index (κ2) is 8.86. The lowest BCUT2D eigenvalue weighted by Crippen LogP contribution is -2.47. The lowest BCUT2D eigenvalue weighted by molar-refractivity contribution is -0.131. The van der Waals surface area contributed by atoms with Crippen molar-refractivity contribution in [3.8, 4) is 0 Å².